The summed E-state index contributed by atoms with van der Waals surface area (Å²) >= 11 is 0. The molecule has 0 amide bonds. The topological polar surface area (TPSA) is 60.1 Å². The van der Waals surface area contributed by atoms with Crippen molar-refractivity contribution < 1.29 is 0 Å². The largest absolute Gasteiger partial charge is 0.314 e. The smallest absolute Gasteiger partial charge is 0.00791 e. The molecule has 0 saturated heterocycles. The van der Waals surface area contributed by atoms with Gasteiger partial charge in [-0.2, -0.15) is 0 Å². The monoisotopic (exact) mass is 273 g/mol. The van der Waals surface area contributed by atoms with Crippen molar-refractivity contribution in [1.29, 1.82) is 0 Å². The summed E-state index contributed by atoms with van der Waals surface area (Å²) in [5, 5.41) is 17.0. The molecule has 0 spiro atoms. The number of rotatable bonds is 14. The molecule has 0 aliphatic rings. The zero-order chi connectivity index (χ0) is 14.3. The first-order valence-corrected chi connectivity index (χ1v) is 7.72. The molecule has 0 heterocycles. The van der Waals surface area contributed by atoms with Crippen LogP contribution in [0.15, 0.2) is 0 Å². The van der Waals surface area contributed by atoms with E-state index in [4.69, 9.17) is 0 Å². The molecule has 0 aliphatic heterocycles. The second kappa shape index (κ2) is 14.2. The molecule has 0 bridgehead atoms. The van der Waals surface area contributed by atoms with Gasteiger partial charge in [-0.05, 0) is 0 Å². The zero-order valence-corrected chi connectivity index (χ0v) is 13.3. The third-order valence-electron chi connectivity index (χ3n) is 2.67. The lowest BCUT2D eigenvalue weighted by atomic mass is 10.4. The van der Waals surface area contributed by atoms with Gasteiger partial charge in [0, 0.05) is 64.4 Å². The van der Waals surface area contributed by atoms with E-state index in [0.717, 1.165) is 52.4 Å². The zero-order valence-electron chi connectivity index (χ0n) is 13.3. The molecule has 0 aromatic heterocycles. The van der Waals surface area contributed by atoms with Crippen molar-refractivity contribution in [1.82, 2.24) is 26.6 Å². The molecular weight excluding hydrogens is 238 g/mol. The third kappa shape index (κ3) is 17.8. The highest BCUT2D eigenvalue weighted by Gasteiger charge is 1.93. The van der Waals surface area contributed by atoms with E-state index in [2.05, 4.69) is 54.3 Å². The van der Waals surface area contributed by atoms with Crippen molar-refractivity contribution in [3.05, 3.63) is 0 Å². The van der Waals surface area contributed by atoms with E-state index < -0.39 is 0 Å². The van der Waals surface area contributed by atoms with Gasteiger partial charge < -0.3 is 26.6 Å². The minimum absolute atomic E-state index is 0.580. The van der Waals surface area contributed by atoms with Crippen molar-refractivity contribution in [3.8, 4) is 0 Å². The Bertz CT molecular complexity index is 155. The summed E-state index contributed by atoms with van der Waals surface area (Å²) in [6, 6.07) is 1.16. The minimum atomic E-state index is 0.580. The SMILES string of the molecule is CC(C)NCCNCCNCCNCCNC(C)C. The lowest BCUT2D eigenvalue weighted by Gasteiger charge is -2.10. The van der Waals surface area contributed by atoms with E-state index in [9.17, 15) is 0 Å². The molecule has 0 unspecified atom stereocenters. The van der Waals surface area contributed by atoms with E-state index in [1.807, 2.05) is 0 Å². The van der Waals surface area contributed by atoms with Crippen molar-refractivity contribution in [3.63, 3.8) is 0 Å². The first-order chi connectivity index (χ1) is 9.13. The Morgan fingerprint density at radius 2 is 0.737 bits per heavy atom. The quantitative estimate of drug-likeness (QED) is 0.283. The summed E-state index contributed by atoms with van der Waals surface area (Å²) in [5.74, 6) is 0. The maximum absolute atomic E-state index is 3.42. The molecular formula is C14H35N5. The fourth-order valence-electron chi connectivity index (χ4n) is 1.63. The summed E-state index contributed by atoms with van der Waals surface area (Å²) in [6.45, 7) is 17.0. The number of nitrogens with one attached hydrogen (secondary N) is 5. The molecule has 19 heavy (non-hydrogen) atoms. The fourth-order valence-corrected chi connectivity index (χ4v) is 1.63. The maximum atomic E-state index is 3.42. The third-order valence-corrected chi connectivity index (χ3v) is 2.67. The second-order valence-electron chi connectivity index (χ2n) is 5.47. The van der Waals surface area contributed by atoms with Gasteiger partial charge >= 0.3 is 0 Å². The Morgan fingerprint density at radius 3 is 1.00 bits per heavy atom. The first kappa shape index (κ1) is 18.8. The highest BCUT2D eigenvalue weighted by atomic mass is 15.0. The molecule has 0 aliphatic carbocycles. The van der Waals surface area contributed by atoms with E-state index >= 15 is 0 Å². The van der Waals surface area contributed by atoms with Crippen LogP contribution in [-0.2, 0) is 0 Å². The lowest BCUT2D eigenvalue weighted by Crippen LogP contribution is -2.37. The van der Waals surface area contributed by atoms with Crippen LogP contribution in [0.25, 0.3) is 0 Å². The minimum Gasteiger partial charge on any atom is -0.314 e. The summed E-state index contributed by atoms with van der Waals surface area (Å²) < 4.78 is 0. The van der Waals surface area contributed by atoms with Gasteiger partial charge in [0.25, 0.3) is 0 Å². The molecule has 0 rings (SSSR count). The van der Waals surface area contributed by atoms with Gasteiger partial charge in [0.1, 0.15) is 0 Å². The molecule has 0 aromatic rings. The van der Waals surface area contributed by atoms with Crippen molar-refractivity contribution >= 4 is 0 Å². The van der Waals surface area contributed by atoms with Gasteiger partial charge in [0.05, 0.1) is 0 Å². The Kier molecular flexibility index (Phi) is 14.1. The molecule has 0 fully saturated rings. The van der Waals surface area contributed by atoms with Crippen LogP contribution in [0.4, 0.5) is 0 Å². The Balaban J connectivity index is 2.95. The van der Waals surface area contributed by atoms with Crippen LogP contribution in [0, 0.1) is 0 Å². The standard InChI is InChI=1S/C14H35N5/c1-13(2)18-11-9-16-7-5-15-6-8-17-10-12-19-14(3)4/h13-19H,5-12H2,1-4H3. The van der Waals surface area contributed by atoms with Crippen LogP contribution >= 0.6 is 0 Å². The molecule has 0 saturated carbocycles. The van der Waals surface area contributed by atoms with Crippen LogP contribution < -0.4 is 26.6 Å². The first-order valence-electron chi connectivity index (χ1n) is 7.72. The van der Waals surface area contributed by atoms with Crippen LogP contribution in [0.1, 0.15) is 27.7 Å². The summed E-state index contributed by atoms with van der Waals surface area (Å²) in [5.41, 5.74) is 0. The molecule has 0 aromatic carbocycles. The van der Waals surface area contributed by atoms with Gasteiger partial charge in [-0.15, -0.1) is 0 Å². The highest BCUT2D eigenvalue weighted by molar-refractivity contribution is 4.59. The Hall–Kier alpha value is -0.200. The van der Waals surface area contributed by atoms with Gasteiger partial charge in [-0.1, -0.05) is 27.7 Å². The average Bonchev–Trinajstić information content (AvgIpc) is 2.34. The average molecular weight is 273 g/mol. The fraction of sp³-hybridized carbons (Fsp3) is 1.00. The van der Waals surface area contributed by atoms with E-state index in [1.54, 1.807) is 0 Å². The van der Waals surface area contributed by atoms with Gasteiger partial charge in [0.2, 0.25) is 0 Å². The molecule has 0 radical (unpaired) electrons. The number of hydrogen-bond donors (Lipinski definition) is 5. The second-order valence-corrected chi connectivity index (χ2v) is 5.47. The Labute approximate surface area is 119 Å². The van der Waals surface area contributed by atoms with Crippen LogP contribution in [0.2, 0.25) is 0 Å². The van der Waals surface area contributed by atoms with E-state index in [-0.39, 0.29) is 0 Å². The van der Waals surface area contributed by atoms with Crippen molar-refractivity contribution in [2.75, 3.05) is 52.4 Å². The lowest BCUT2D eigenvalue weighted by molar-refractivity contribution is 0.530. The molecule has 0 atom stereocenters. The predicted molar refractivity (Wildman–Crippen MR) is 84.9 cm³/mol. The maximum Gasteiger partial charge on any atom is 0.00791 e. The van der Waals surface area contributed by atoms with Crippen LogP contribution in [0.3, 0.4) is 0 Å². The summed E-state index contributed by atoms with van der Waals surface area (Å²) in [7, 11) is 0. The normalized spacial score (nSPS) is 11.7. The van der Waals surface area contributed by atoms with Crippen LogP contribution in [0.5, 0.6) is 0 Å². The van der Waals surface area contributed by atoms with Crippen molar-refractivity contribution in [2.24, 2.45) is 0 Å². The van der Waals surface area contributed by atoms with Gasteiger partial charge in [-0.3, -0.25) is 0 Å². The van der Waals surface area contributed by atoms with Gasteiger partial charge in [-0.25, -0.2) is 0 Å². The van der Waals surface area contributed by atoms with E-state index in [0.29, 0.717) is 12.1 Å². The van der Waals surface area contributed by atoms with Gasteiger partial charge in [0.15, 0.2) is 0 Å². The van der Waals surface area contributed by atoms with Crippen LogP contribution in [-0.4, -0.2) is 64.4 Å². The summed E-state index contributed by atoms with van der Waals surface area (Å²) in [6.07, 6.45) is 0. The molecule has 116 valence electrons. The summed E-state index contributed by atoms with van der Waals surface area (Å²) in [4.78, 5) is 0. The molecule has 5 N–H and O–H groups in total. The molecule has 5 nitrogen and oxygen atoms in total. The Morgan fingerprint density at radius 1 is 0.474 bits per heavy atom. The van der Waals surface area contributed by atoms with Crippen molar-refractivity contribution in [2.45, 2.75) is 39.8 Å². The number of hydrogen-bond acceptors (Lipinski definition) is 5. The predicted octanol–water partition coefficient (Wildman–Crippen LogP) is -0.249. The highest BCUT2D eigenvalue weighted by Crippen LogP contribution is 1.73. The van der Waals surface area contributed by atoms with E-state index in [1.165, 1.54) is 0 Å². The molecule has 5 heteroatoms.